The van der Waals surface area contributed by atoms with Gasteiger partial charge in [-0.1, -0.05) is 28.9 Å². The van der Waals surface area contributed by atoms with E-state index in [0.29, 0.717) is 12.1 Å². The summed E-state index contributed by atoms with van der Waals surface area (Å²) in [7, 11) is 0. The van der Waals surface area contributed by atoms with Crippen molar-refractivity contribution in [2.45, 2.75) is 52.6 Å². The topological polar surface area (TPSA) is 35.5 Å². The number of anilines is 1. The highest BCUT2D eigenvalue weighted by atomic mass is 79.9. The van der Waals surface area contributed by atoms with Crippen molar-refractivity contribution in [3.63, 3.8) is 0 Å². The van der Waals surface area contributed by atoms with Crippen LogP contribution < -0.4 is 10.2 Å². The number of nitrogens with zero attached hydrogens (tertiary/aromatic N) is 1. The van der Waals surface area contributed by atoms with Gasteiger partial charge in [0.15, 0.2) is 0 Å². The van der Waals surface area contributed by atoms with Gasteiger partial charge in [-0.3, -0.25) is 0 Å². The number of hydrogen-bond donors (Lipinski definition) is 2. The third-order valence-corrected chi connectivity index (χ3v) is 4.35. The summed E-state index contributed by atoms with van der Waals surface area (Å²) in [5.74, 6) is 0. The standard InChI is InChI=1S/C17H29BrN2O/c1-5-9-19-14(4)16-8-7-15(12-17(16)18)20(13(2)3)10-6-11-21/h7-8,12-14,19,21H,5-6,9-11H2,1-4H3. The Bertz CT molecular complexity index is 423. The number of hydrogen-bond acceptors (Lipinski definition) is 3. The number of nitrogens with one attached hydrogen (secondary N) is 1. The lowest BCUT2D eigenvalue weighted by molar-refractivity contribution is 0.288. The van der Waals surface area contributed by atoms with E-state index in [4.69, 9.17) is 5.11 Å². The molecule has 0 aliphatic heterocycles. The zero-order valence-corrected chi connectivity index (χ0v) is 15.3. The van der Waals surface area contributed by atoms with Crippen LogP contribution in [0.1, 0.15) is 52.1 Å². The Morgan fingerprint density at radius 1 is 1.29 bits per heavy atom. The molecule has 3 nitrogen and oxygen atoms in total. The van der Waals surface area contributed by atoms with Crippen molar-refractivity contribution in [3.8, 4) is 0 Å². The van der Waals surface area contributed by atoms with E-state index in [-0.39, 0.29) is 6.61 Å². The first-order valence-corrected chi connectivity index (χ1v) is 8.70. The molecule has 21 heavy (non-hydrogen) atoms. The number of rotatable bonds is 9. The molecule has 4 heteroatoms. The molecule has 0 aromatic heterocycles. The molecule has 0 heterocycles. The van der Waals surface area contributed by atoms with Crippen LogP contribution in [0, 0.1) is 0 Å². The van der Waals surface area contributed by atoms with Crippen LogP contribution in [0.25, 0.3) is 0 Å². The highest BCUT2D eigenvalue weighted by Gasteiger charge is 2.14. The molecular weight excluding hydrogens is 328 g/mol. The number of aliphatic hydroxyl groups is 1. The maximum Gasteiger partial charge on any atom is 0.0447 e. The van der Waals surface area contributed by atoms with Gasteiger partial charge in [0.25, 0.3) is 0 Å². The first-order chi connectivity index (χ1) is 10.0. The van der Waals surface area contributed by atoms with Crippen LogP contribution in [0.3, 0.4) is 0 Å². The molecule has 0 aliphatic carbocycles. The number of aliphatic hydroxyl groups excluding tert-OH is 1. The normalized spacial score (nSPS) is 12.7. The zero-order chi connectivity index (χ0) is 15.8. The minimum Gasteiger partial charge on any atom is -0.396 e. The van der Waals surface area contributed by atoms with E-state index < -0.39 is 0 Å². The fourth-order valence-corrected chi connectivity index (χ4v) is 3.15. The molecule has 0 aliphatic rings. The van der Waals surface area contributed by atoms with Crippen molar-refractivity contribution < 1.29 is 5.11 Å². The summed E-state index contributed by atoms with van der Waals surface area (Å²) in [5, 5.41) is 12.6. The van der Waals surface area contributed by atoms with Crippen molar-refractivity contribution in [1.82, 2.24) is 5.32 Å². The van der Waals surface area contributed by atoms with E-state index >= 15 is 0 Å². The highest BCUT2D eigenvalue weighted by molar-refractivity contribution is 9.10. The largest absolute Gasteiger partial charge is 0.396 e. The van der Waals surface area contributed by atoms with Gasteiger partial charge in [0.2, 0.25) is 0 Å². The van der Waals surface area contributed by atoms with Gasteiger partial charge in [-0.05, 0) is 57.9 Å². The van der Waals surface area contributed by atoms with E-state index in [1.54, 1.807) is 0 Å². The Balaban J connectivity index is 2.88. The molecule has 0 fully saturated rings. The van der Waals surface area contributed by atoms with Crippen LogP contribution in [0.2, 0.25) is 0 Å². The SMILES string of the molecule is CCCNC(C)c1ccc(N(CCCO)C(C)C)cc1Br. The van der Waals surface area contributed by atoms with Crippen LogP contribution in [0.5, 0.6) is 0 Å². The predicted molar refractivity (Wildman–Crippen MR) is 95.0 cm³/mol. The second-order valence-electron chi connectivity index (χ2n) is 5.75. The van der Waals surface area contributed by atoms with Gasteiger partial charge in [0.1, 0.15) is 0 Å². The van der Waals surface area contributed by atoms with Gasteiger partial charge in [-0.2, -0.15) is 0 Å². The van der Waals surface area contributed by atoms with Gasteiger partial charge in [-0.15, -0.1) is 0 Å². The highest BCUT2D eigenvalue weighted by Crippen LogP contribution is 2.29. The summed E-state index contributed by atoms with van der Waals surface area (Å²) in [4.78, 5) is 2.33. The Kier molecular flexibility index (Phi) is 8.30. The number of halogens is 1. The smallest absolute Gasteiger partial charge is 0.0447 e. The first kappa shape index (κ1) is 18.5. The average molecular weight is 357 g/mol. The predicted octanol–water partition coefficient (Wildman–Crippen LogP) is 4.11. The minimum absolute atomic E-state index is 0.237. The van der Waals surface area contributed by atoms with Crippen LogP contribution >= 0.6 is 15.9 Å². The molecule has 0 saturated heterocycles. The molecule has 0 amide bonds. The fourth-order valence-electron chi connectivity index (χ4n) is 2.44. The lowest BCUT2D eigenvalue weighted by atomic mass is 10.1. The third kappa shape index (κ3) is 5.61. The van der Waals surface area contributed by atoms with E-state index in [1.807, 2.05) is 0 Å². The molecule has 1 atom stereocenters. The van der Waals surface area contributed by atoms with Gasteiger partial charge in [-0.25, -0.2) is 0 Å². The van der Waals surface area contributed by atoms with Gasteiger partial charge >= 0.3 is 0 Å². The third-order valence-electron chi connectivity index (χ3n) is 3.66. The van der Waals surface area contributed by atoms with Crippen LogP contribution in [-0.4, -0.2) is 30.8 Å². The second kappa shape index (κ2) is 9.44. The van der Waals surface area contributed by atoms with E-state index in [0.717, 1.165) is 30.4 Å². The second-order valence-corrected chi connectivity index (χ2v) is 6.60. The fraction of sp³-hybridized carbons (Fsp3) is 0.647. The van der Waals surface area contributed by atoms with Crippen LogP contribution in [-0.2, 0) is 0 Å². The molecular formula is C17H29BrN2O. The van der Waals surface area contributed by atoms with Crippen molar-refractivity contribution in [2.24, 2.45) is 0 Å². The summed E-state index contributed by atoms with van der Waals surface area (Å²) in [6, 6.07) is 7.34. The zero-order valence-electron chi connectivity index (χ0n) is 13.7. The quantitative estimate of drug-likeness (QED) is 0.698. The summed E-state index contributed by atoms with van der Waals surface area (Å²) >= 11 is 3.71. The lowest BCUT2D eigenvalue weighted by Gasteiger charge is -2.29. The minimum atomic E-state index is 0.237. The molecule has 1 unspecified atom stereocenters. The maximum absolute atomic E-state index is 9.05. The maximum atomic E-state index is 9.05. The van der Waals surface area contributed by atoms with Gasteiger partial charge in [0.05, 0.1) is 0 Å². The molecule has 0 bridgehead atoms. The van der Waals surface area contributed by atoms with E-state index in [1.165, 1.54) is 11.3 Å². The molecule has 0 saturated carbocycles. The monoisotopic (exact) mass is 356 g/mol. The Labute approximate surface area is 137 Å². The molecule has 1 aromatic carbocycles. The lowest BCUT2D eigenvalue weighted by Crippen LogP contribution is -2.32. The molecule has 2 N–H and O–H groups in total. The summed E-state index contributed by atoms with van der Waals surface area (Å²) in [5.41, 5.74) is 2.50. The average Bonchev–Trinajstić information content (AvgIpc) is 2.45. The summed E-state index contributed by atoms with van der Waals surface area (Å²) in [6.45, 7) is 10.9. The summed E-state index contributed by atoms with van der Waals surface area (Å²) in [6.07, 6.45) is 1.94. The Hall–Kier alpha value is -0.580. The van der Waals surface area contributed by atoms with Crippen molar-refractivity contribution >= 4 is 21.6 Å². The number of benzene rings is 1. The van der Waals surface area contributed by atoms with E-state index in [9.17, 15) is 0 Å². The van der Waals surface area contributed by atoms with Crippen molar-refractivity contribution in [1.29, 1.82) is 0 Å². The van der Waals surface area contributed by atoms with Gasteiger partial charge in [0, 0.05) is 35.4 Å². The Morgan fingerprint density at radius 2 is 2.00 bits per heavy atom. The molecule has 0 spiro atoms. The summed E-state index contributed by atoms with van der Waals surface area (Å²) < 4.78 is 1.14. The molecule has 1 aromatic rings. The van der Waals surface area contributed by atoms with Crippen LogP contribution in [0.15, 0.2) is 22.7 Å². The molecule has 120 valence electrons. The van der Waals surface area contributed by atoms with E-state index in [2.05, 4.69) is 72.0 Å². The molecule has 1 rings (SSSR count). The first-order valence-electron chi connectivity index (χ1n) is 7.91. The van der Waals surface area contributed by atoms with Crippen molar-refractivity contribution in [3.05, 3.63) is 28.2 Å². The van der Waals surface area contributed by atoms with Gasteiger partial charge < -0.3 is 15.3 Å². The molecule has 0 radical (unpaired) electrons. The Morgan fingerprint density at radius 3 is 2.52 bits per heavy atom. The van der Waals surface area contributed by atoms with Crippen LogP contribution in [0.4, 0.5) is 5.69 Å². The van der Waals surface area contributed by atoms with Crippen molar-refractivity contribution in [2.75, 3.05) is 24.6 Å².